The van der Waals surface area contributed by atoms with Gasteiger partial charge in [0.2, 0.25) is 5.72 Å². The van der Waals surface area contributed by atoms with Crippen LogP contribution >= 0.6 is 11.8 Å². The summed E-state index contributed by atoms with van der Waals surface area (Å²) in [6.07, 6.45) is -1.43. The number of carbonyl (C=O) groups excluding carboxylic acids is 4. The summed E-state index contributed by atoms with van der Waals surface area (Å²) >= 11 is 1.40. The SMILES string of the molecule is CC1(C)OC[C@@](C)([C@H](O)[C@@]23NC(=O)[C@@](O)(NC2=O)C(CSCc2ccc4c(c2)C(=O)c2ccccc2C4=O)CCO3)O1. The van der Waals surface area contributed by atoms with Crippen molar-refractivity contribution in [2.45, 2.75) is 61.9 Å². The number of rotatable bonds is 6. The fourth-order valence-electron chi connectivity index (χ4n) is 6.14. The van der Waals surface area contributed by atoms with E-state index in [4.69, 9.17) is 14.2 Å². The Labute approximate surface area is 246 Å². The van der Waals surface area contributed by atoms with Gasteiger partial charge < -0.3 is 35.1 Å². The van der Waals surface area contributed by atoms with Gasteiger partial charge in [-0.05, 0) is 44.9 Å². The molecule has 42 heavy (non-hydrogen) atoms. The maximum absolute atomic E-state index is 13.4. The molecule has 2 amide bonds. The van der Waals surface area contributed by atoms with E-state index < -0.39 is 46.7 Å². The molecular weight excluding hydrogens is 564 g/mol. The highest BCUT2D eigenvalue weighted by Crippen LogP contribution is 2.41. The van der Waals surface area contributed by atoms with Gasteiger partial charge in [0.25, 0.3) is 17.5 Å². The molecule has 4 fully saturated rings. The number of aliphatic hydroxyl groups is 2. The first kappa shape index (κ1) is 29.0. The van der Waals surface area contributed by atoms with Crippen LogP contribution in [0.15, 0.2) is 42.5 Å². The van der Waals surface area contributed by atoms with Crippen LogP contribution in [-0.4, -0.2) is 81.5 Å². The number of nitrogens with one attached hydrogen (secondary N) is 2. The number of hydrogen-bond acceptors (Lipinski definition) is 10. The second kappa shape index (κ2) is 9.97. The van der Waals surface area contributed by atoms with Crippen LogP contribution in [-0.2, 0) is 29.6 Å². The summed E-state index contributed by atoms with van der Waals surface area (Å²) in [7, 11) is 0. The van der Waals surface area contributed by atoms with E-state index in [9.17, 15) is 29.4 Å². The predicted molar refractivity (Wildman–Crippen MR) is 149 cm³/mol. The molecule has 4 heterocycles. The lowest BCUT2D eigenvalue weighted by atomic mass is 9.83. The number of piperazine rings is 1. The molecule has 0 spiro atoms. The number of carbonyl (C=O) groups is 4. The van der Waals surface area contributed by atoms with Gasteiger partial charge in [-0.3, -0.25) is 19.2 Å². The van der Waals surface area contributed by atoms with E-state index in [0.29, 0.717) is 28.0 Å². The summed E-state index contributed by atoms with van der Waals surface area (Å²) in [6.45, 7) is 4.82. The van der Waals surface area contributed by atoms with Crippen LogP contribution in [0.2, 0.25) is 0 Å². The van der Waals surface area contributed by atoms with E-state index in [1.165, 1.54) is 11.8 Å². The van der Waals surface area contributed by atoms with Gasteiger partial charge in [-0.1, -0.05) is 30.3 Å². The van der Waals surface area contributed by atoms with Crippen LogP contribution in [0.3, 0.4) is 0 Å². The van der Waals surface area contributed by atoms with Crippen molar-refractivity contribution in [3.05, 3.63) is 70.3 Å². The monoisotopic (exact) mass is 596 g/mol. The zero-order chi connectivity index (χ0) is 30.1. The molecule has 11 nitrogen and oxygen atoms in total. The fraction of sp³-hybridized carbons (Fsp3) is 0.467. The van der Waals surface area contributed by atoms with Gasteiger partial charge in [-0.25, -0.2) is 0 Å². The highest BCUT2D eigenvalue weighted by Gasteiger charge is 2.66. The Bertz CT molecular complexity index is 1510. The number of benzene rings is 2. The minimum absolute atomic E-state index is 0.0342. The zero-order valence-electron chi connectivity index (χ0n) is 23.4. The second-order valence-corrected chi connectivity index (χ2v) is 12.9. The molecule has 0 saturated carbocycles. The van der Waals surface area contributed by atoms with E-state index in [0.717, 1.165) is 5.56 Å². The number of thioether (sulfide) groups is 1. The third kappa shape index (κ3) is 4.48. The van der Waals surface area contributed by atoms with Crippen LogP contribution in [0, 0.1) is 5.92 Å². The van der Waals surface area contributed by atoms with Crippen molar-refractivity contribution in [3.8, 4) is 0 Å². The largest absolute Gasteiger partial charge is 0.384 e. The highest BCUT2D eigenvalue weighted by molar-refractivity contribution is 7.98. The van der Waals surface area contributed by atoms with E-state index in [1.54, 1.807) is 63.2 Å². The van der Waals surface area contributed by atoms with Gasteiger partial charge in [0.15, 0.2) is 17.4 Å². The molecule has 7 rings (SSSR count). The van der Waals surface area contributed by atoms with Gasteiger partial charge in [0.1, 0.15) is 11.7 Å². The number of aliphatic hydroxyl groups excluding tert-OH is 1. The van der Waals surface area contributed by atoms with Crippen molar-refractivity contribution < 1.29 is 43.6 Å². The molecule has 12 heteroatoms. The molecule has 0 aromatic heterocycles. The average Bonchev–Trinajstić information content (AvgIpc) is 3.25. The number of ether oxygens (including phenoxy) is 3. The third-order valence-corrected chi connectivity index (χ3v) is 9.58. The zero-order valence-corrected chi connectivity index (χ0v) is 24.2. The molecule has 4 aliphatic heterocycles. The predicted octanol–water partition coefficient (Wildman–Crippen LogP) is 1.27. The van der Waals surface area contributed by atoms with Gasteiger partial charge >= 0.3 is 0 Å². The smallest absolute Gasteiger partial charge is 0.278 e. The molecule has 4 saturated heterocycles. The Morgan fingerprint density at radius 2 is 1.60 bits per heavy atom. The Morgan fingerprint density at radius 3 is 2.26 bits per heavy atom. The van der Waals surface area contributed by atoms with Crippen molar-refractivity contribution in [2.24, 2.45) is 5.92 Å². The fourth-order valence-corrected chi connectivity index (χ4v) is 7.36. The Balaban J connectivity index is 1.15. The number of ketones is 2. The van der Waals surface area contributed by atoms with Gasteiger partial charge in [0, 0.05) is 39.7 Å². The van der Waals surface area contributed by atoms with Crippen molar-refractivity contribution in [1.29, 1.82) is 0 Å². The maximum Gasteiger partial charge on any atom is 0.278 e. The molecule has 1 aliphatic carbocycles. The third-order valence-electron chi connectivity index (χ3n) is 8.40. The van der Waals surface area contributed by atoms with Crippen molar-refractivity contribution in [1.82, 2.24) is 10.6 Å². The van der Waals surface area contributed by atoms with E-state index in [-0.39, 0.29) is 37.0 Å². The van der Waals surface area contributed by atoms with Crippen LogP contribution in [0.5, 0.6) is 0 Å². The quantitative estimate of drug-likeness (QED) is 0.326. The molecule has 5 aliphatic rings. The molecule has 5 atom stereocenters. The van der Waals surface area contributed by atoms with Crippen molar-refractivity contribution in [3.63, 3.8) is 0 Å². The average molecular weight is 597 g/mol. The van der Waals surface area contributed by atoms with E-state index in [1.807, 2.05) is 0 Å². The van der Waals surface area contributed by atoms with Gasteiger partial charge in [-0.2, -0.15) is 11.8 Å². The lowest BCUT2D eigenvalue weighted by Gasteiger charge is -2.51. The molecule has 0 radical (unpaired) electrons. The highest BCUT2D eigenvalue weighted by atomic mass is 32.2. The van der Waals surface area contributed by atoms with Crippen LogP contribution in [0.4, 0.5) is 0 Å². The Hall–Kier alpha value is -3.13. The summed E-state index contributed by atoms with van der Waals surface area (Å²) < 4.78 is 17.3. The Morgan fingerprint density at radius 1 is 0.929 bits per heavy atom. The molecule has 2 bridgehead atoms. The van der Waals surface area contributed by atoms with Gasteiger partial charge in [0.05, 0.1) is 13.2 Å². The van der Waals surface area contributed by atoms with E-state index >= 15 is 0 Å². The number of fused-ring (bicyclic) bond motifs is 7. The van der Waals surface area contributed by atoms with Gasteiger partial charge in [-0.15, -0.1) is 0 Å². The molecule has 222 valence electrons. The minimum Gasteiger partial charge on any atom is -0.384 e. The first-order valence-corrected chi connectivity index (χ1v) is 14.9. The second-order valence-electron chi connectivity index (χ2n) is 11.8. The topological polar surface area (TPSA) is 160 Å². The molecule has 4 N–H and O–H groups in total. The number of hydrogen-bond donors (Lipinski definition) is 4. The lowest BCUT2D eigenvalue weighted by Crippen LogP contribution is -2.83. The summed E-state index contributed by atoms with van der Waals surface area (Å²) in [5.41, 5.74) is -3.51. The molecule has 2 aromatic rings. The number of amides is 2. The van der Waals surface area contributed by atoms with Crippen LogP contribution in [0.1, 0.15) is 64.6 Å². The van der Waals surface area contributed by atoms with Crippen LogP contribution < -0.4 is 10.6 Å². The molecule has 2 aromatic carbocycles. The summed E-state index contributed by atoms with van der Waals surface area (Å²) in [6, 6.07) is 11.9. The summed E-state index contributed by atoms with van der Waals surface area (Å²) in [5.74, 6) is -3.25. The standard InChI is InChI=1S/C30H32N2O9S/c1-27(2)40-15-28(3,41-27)24(35)30-26(37)31-29(38,25(36)32-30)17(10-11-39-30)14-42-13-16-8-9-20-21(12-16)23(34)19-7-5-4-6-18(19)22(20)33/h4-9,12,17,24,35,38H,10-11,13-15H2,1-3H3,(H,31,37)(H,32,36)/t17?,24-,28-,29+,30-/m0/s1. The first-order valence-electron chi connectivity index (χ1n) is 13.7. The Kier molecular flexibility index (Phi) is 6.87. The minimum atomic E-state index is -2.23. The summed E-state index contributed by atoms with van der Waals surface area (Å²) in [4.78, 5) is 52.7. The normalized spacial score (nSPS) is 32.4. The molecular formula is C30H32N2O9S. The van der Waals surface area contributed by atoms with Crippen molar-refractivity contribution in [2.75, 3.05) is 19.0 Å². The summed E-state index contributed by atoms with van der Waals surface area (Å²) in [5, 5.41) is 27.6. The molecule has 1 unspecified atom stereocenters. The van der Waals surface area contributed by atoms with Crippen molar-refractivity contribution >= 4 is 35.1 Å². The van der Waals surface area contributed by atoms with E-state index in [2.05, 4.69) is 10.6 Å². The first-order chi connectivity index (χ1) is 19.8. The van der Waals surface area contributed by atoms with Crippen LogP contribution in [0.25, 0.3) is 0 Å². The maximum atomic E-state index is 13.4. The lowest BCUT2D eigenvalue weighted by molar-refractivity contribution is -0.247.